The number of ketones is 2. The zero-order valence-corrected chi connectivity index (χ0v) is 23.9. The first-order valence-electron chi connectivity index (χ1n) is 13.0. The van der Waals surface area contributed by atoms with Crippen LogP contribution < -0.4 is 11.5 Å². The number of carbonyl (C=O) groups excluding carboxylic acids is 3. The van der Waals surface area contributed by atoms with E-state index in [1.165, 1.54) is 11.6 Å². The molecule has 1 saturated heterocycles. The number of nitrogen functional groups attached to an aromatic ring is 1. The van der Waals surface area contributed by atoms with Gasteiger partial charge in [0, 0.05) is 37.5 Å². The van der Waals surface area contributed by atoms with Gasteiger partial charge in [-0.25, -0.2) is 14.1 Å². The van der Waals surface area contributed by atoms with Crippen LogP contribution in [0.25, 0.3) is 0 Å². The number of nitrogens with two attached hydrogens (primary N) is 2. The SMILES string of the molecule is NCCCCC(=O)CCc1cnn(C[C@@H]2[C@H](CC(=O)/C(=N\OC3(C(=O)O)CC3)c3csc(N)n3)C(=O)N2S(=O)(=O)O)n1. The van der Waals surface area contributed by atoms with Gasteiger partial charge in [0.1, 0.15) is 11.5 Å². The number of nitrogens with zero attached hydrogens (tertiary/aromatic N) is 6. The third-order valence-electron chi connectivity index (χ3n) is 6.89. The van der Waals surface area contributed by atoms with Crippen LogP contribution in [0.15, 0.2) is 16.7 Å². The molecule has 3 heterocycles. The van der Waals surface area contributed by atoms with Crippen molar-refractivity contribution in [2.45, 2.75) is 69.6 Å². The average Bonchev–Trinajstić information content (AvgIpc) is 3.38. The normalized spacial score (nSPS) is 19.8. The summed E-state index contributed by atoms with van der Waals surface area (Å²) in [6.07, 6.45) is 3.56. The van der Waals surface area contributed by atoms with Gasteiger partial charge >= 0.3 is 16.3 Å². The lowest BCUT2D eigenvalue weighted by molar-refractivity contribution is -0.153. The highest BCUT2D eigenvalue weighted by molar-refractivity contribution is 7.84. The summed E-state index contributed by atoms with van der Waals surface area (Å²) in [6.45, 7) is 0.216. The highest BCUT2D eigenvalue weighted by atomic mass is 32.2. The highest BCUT2D eigenvalue weighted by Crippen LogP contribution is 2.40. The van der Waals surface area contributed by atoms with E-state index in [-0.39, 0.29) is 52.4 Å². The molecule has 2 fully saturated rings. The van der Waals surface area contributed by atoms with Crippen LogP contribution in [0.5, 0.6) is 0 Å². The second kappa shape index (κ2) is 12.6. The Morgan fingerprint density at radius 3 is 2.57 bits per heavy atom. The second-order valence-electron chi connectivity index (χ2n) is 9.99. The number of hydrogen-bond acceptors (Lipinski definition) is 14. The number of oxime groups is 1. The minimum atomic E-state index is -4.98. The van der Waals surface area contributed by atoms with Crippen molar-refractivity contribution in [3.05, 3.63) is 23.0 Å². The minimum Gasteiger partial charge on any atom is -0.478 e. The van der Waals surface area contributed by atoms with Gasteiger partial charge in [0.05, 0.1) is 30.4 Å². The van der Waals surface area contributed by atoms with Crippen molar-refractivity contribution in [1.82, 2.24) is 24.3 Å². The third kappa shape index (κ3) is 7.15. The van der Waals surface area contributed by atoms with Crippen molar-refractivity contribution in [2.24, 2.45) is 16.8 Å². The number of rotatable bonds is 17. The number of amides is 1. The lowest BCUT2D eigenvalue weighted by atomic mass is 9.84. The van der Waals surface area contributed by atoms with Crippen molar-refractivity contribution in [1.29, 1.82) is 0 Å². The fraction of sp³-hybridized carbons (Fsp3) is 0.565. The fourth-order valence-electron chi connectivity index (χ4n) is 4.37. The molecule has 2 atom stereocenters. The summed E-state index contributed by atoms with van der Waals surface area (Å²) in [4.78, 5) is 59.9. The molecule has 4 rings (SSSR count). The molecule has 42 heavy (non-hydrogen) atoms. The Hall–Kier alpha value is -3.81. The first kappa shape index (κ1) is 31.1. The maximum atomic E-state index is 13.3. The summed E-state index contributed by atoms with van der Waals surface area (Å²) in [5.74, 6) is -4.27. The molecule has 17 nitrogen and oxygen atoms in total. The van der Waals surface area contributed by atoms with Crippen LogP contribution in [0.1, 0.15) is 56.3 Å². The Bertz CT molecular complexity index is 1500. The number of Topliss-reactive ketones (excluding diaryl/α,β-unsaturated/α-hetero) is 2. The Kier molecular flexibility index (Phi) is 9.34. The van der Waals surface area contributed by atoms with Gasteiger partial charge < -0.3 is 21.4 Å². The van der Waals surface area contributed by atoms with E-state index in [2.05, 4.69) is 20.3 Å². The Labute approximate surface area is 243 Å². The smallest absolute Gasteiger partial charge is 0.362 e. The van der Waals surface area contributed by atoms with Crippen LogP contribution in [0.2, 0.25) is 0 Å². The zero-order chi connectivity index (χ0) is 30.7. The van der Waals surface area contributed by atoms with E-state index < -0.39 is 51.9 Å². The number of unbranched alkanes of at least 4 members (excludes halogenated alkanes) is 1. The van der Waals surface area contributed by atoms with Crippen molar-refractivity contribution in [3.63, 3.8) is 0 Å². The molecule has 2 aliphatic rings. The van der Waals surface area contributed by atoms with Crippen molar-refractivity contribution >= 4 is 55.9 Å². The second-order valence-corrected chi connectivity index (χ2v) is 12.2. The molecule has 0 radical (unpaired) electrons. The van der Waals surface area contributed by atoms with Gasteiger partial charge in [-0.05, 0) is 25.8 Å². The molecule has 0 spiro atoms. The summed E-state index contributed by atoms with van der Waals surface area (Å²) in [7, 11) is -4.98. The maximum Gasteiger partial charge on any atom is 0.362 e. The summed E-state index contributed by atoms with van der Waals surface area (Å²) < 4.78 is 33.8. The van der Waals surface area contributed by atoms with Crippen LogP contribution in [-0.4, -0.2) is 89.7 Å². The number of β-lactam (4-membered cyclic amide) rings is 1. The quantitative estimate of drug-likeness (QED) is 0.0571. The molecule has 2 aromatic heterocycles. The van der Waals surface area contributed by atoms with Gasteiger partial charge in [-0.3, -0.25) is 18.9 Å². The largest absolute Gasteiger partial charge is 0.478 e. The van der Waals surface area contributed by atoms with Crippen LogP contribution >= 0.6 is 11.3 Å². The van der Waals surface area contributed by atoms with Crippen LogP contribution in [0, 0.1) is 5.92 Å². The summed E-state index contributed by atoms with van der Waals surface area (Å²) in [5, 5.41) is 22.9. The van der Waals surface area contributed by atoms with E-state index in [4.69, 9.17) is 16.3 Å². The molecule has 0 bridgehead atoms. The highest BCUT2D eigenvalue weighted by Gasteiger charge is 2.56. The summed E-state index contributed by atoms with van der Waals surface area (Å²) in [5.41, 5.74) is 9.61. The monoisotopic (exact) mass is 626 g/mol. The van der Waals surface area contributed by atoms with Crippen molar-refractivity contribution < 1.29 is 42.1 Å². The molecular formula is C23H30N8O9S2. The van der Waals surface area contributed by atoms with Gasteiger partial charge in [-0.15, -0.1) is 11.3 Å². The predicted octanol–water partition coefficient (Wildman–Crippen LogP) is -0.425. The van der Waals surface area contributed by atoms with E-state index in [1.54, 1.807) is 0 Å². The molecule has 19 heteroatoms. The molecule has 2 aromatic rings. The number of carbonyl (C=O) groups is 4. The molecule has 1 saturated carbocycles. The van der Waals surface area contributed by atoms with Gasteiger partial charge in [-0.2, -0.15) is 23.4 Å². The van der Waals surface area contributed by atoms with E-state index in [9.17, 15) is 37.3 Å². The molecular weight excluding hydrogens is 596 g/mol. The van der Waals surface area contributed by atoms with E-state index >= 15 is 0 Å². The zero-order valence-electron chi connectivity index (χ0n) is 22.3. The first-order chi connectivity index (χ1) is 19.8. The maximum absolute atomic E-state index is 13.3. The molecule has 6 N–H and O–H groups in total. The molecule has 0 aromatic carbocycles. The van der Waals surface area contributed by atoms with E-state index in [1.807, 2.05) is 0 Å². The molecule has 1 amide bonds. The lowest BCUT2D eigenvalue weighted by Gasteiger charge is -2.43. The van der Waals surface area contributed by atoms with E-state index in [0.29, 0.717) is 31.5 Å². The molecule has 1 aliphatic heterocycles. The minimum absolute atomic E-state index is 0.00499. The number of thiazole rings is 1. The summed E-state index contributed by atoms with van der Waals surface area (Å²) >= 11 is 0.992. The number of anilines is 1. The Morgan fingerprint density at radius 1 is 1.24 bits per heavy atom. The topological polar surface area (TPSA) is 263 Å². The number of aryl methyl sites for hydroxylation is 1. The molecule has 1 aliphatic carbocycles. The van der Waals surface area contributed by atoms with Crippen molar-refractivity contribution in [2.75, 3.05) is 12.3 Å². The van der Waals surface area contributed by atoms with Gasteiger partial charge in [-0.1, -0.05) is 5.16 Å². The molecule has 0 unspecified atom stereocenters. The standard InChI is InChI=1S/C23H30N8O9S2/c24-8-2-1-3-14(32)5-4-13-10-26-30(28-13)11-17-15(20(34)31(17)42(37,38)39)9-18(33)19(16-12-41-22(25)27-16)29-40-23(6-7-23)21(35)36/h10,12,15,17H,1-9,11,24H2,(H2,25,27)(H,35,36)(H,37,38,39)/b29-19-/t15-,17+/m0/s1. The first-order valence-corrected chi connectivity index (χ1v) is 15.3. The van der Waals surface area contributed by atoms with Crippen LogP contribution in [0.3, 0.4) is 0 Å². The fourth-order valence-corrected chi connectivity index (χ4v) is 5.83. The number of hydrogen-bond donors (Lipinski definition) is 4. The van der Waals surface area contributed by atoms with Crippen molar-refractivity contribution in [3.8, 4) is 0 Å². The number of carboxylic acid groups (broad SMARTS) is 1. The summed E-state index contributed by atoms with van der Waals surface area (Å²) in [6, 6.07) is -1.23. The molecule has 228 valence electrons. The van der Waals surface area contributed by atoms with E-state index in [0.717, 1.165) is 22.6 Å². The van der Waals surface area contributed by atoms with Gasteiger partial charge in [0.15, 0.2) is 16.6 Å². The van der Waals surface area contributed by atoms with Gasteiger partial charge in [0.2, 0.25) is 11.5 Å². The van der Waals surface area contributed by atoms with Crippen LogP contribution in [0.4, 0.5) is 5.13 Å². The number of aromatic nitrogens is 4. The predicted molar refractivity (Wildman–Crippen MR) is 145 cm³/mol. The Morgan fingerprint density at radius 2 is 1.98 bits per heavy atom. The third-order valence-corrected chi connectivity index (χ3v) is 8.51. The number of carboxylic acids is 1. The van der Waals surface area contributed by atoms with Crippen LogP contribution in [-0.2, 0) is 47.3 Å². The average molecular weight is 627 g/mol. The van der Waals surface area contributed by atoms with Gasteiger partial charge in [0.25, 0.3) is 0 Å². The Balaban J connectivity index is 1.47. The lowest BCUT2D eigenvalue weighted by Crippen LogP contribution is -2.64. The number of aliphatic carboxylic acids is 1.